The van der Waals surface area contributed by atoms with Gasteiger partial charge in [-0.15, -0.1) is 22.7 Å². The van der Waals surface area contributed by atoms with Crippen LogP contribution in [0.2, 0.25) is 4.34 Å². The molecule has 0 spiro atoms. The highest BCUT2D eigenvalue weighted by atomic mass is 35.5. The summed E-state index contributed by atoms with van der Waals surface area (Å²) >= 11 is 8.02. The van der Waals surface area contributed by atoms with Gasteiger partial charge in [0, 0.05) is 18.0 Å². The first-order chi connectivity index (χ1) is 12.4. The Hall–Kier alpha value is -1.78. The first-order valence-corrected chi connectivity index (χ1v) is 10.9. The minimum atomic E-state index is -3.75. The summed E-state index contributed by atoms with van der Waals surface area (Å²) in [5.41, 5.74) is 1.69. The maximum atomic E-state index is 12.4. The summed E-state index contributed by atoms with van der Waals surface area (Å²) in [5.74, 6) is -0.465. The van der Waals surface area contributed by atoms with Crippen LogP contribution in [0.3, 0.4) is 0 Å². The lowest BCUT2D eigenvalue weighted by atomic mass is 10.2. The average Bonchev–Trinajstić information content (AvgIpc) is 3.25. The van der Waals surface area contributed by atoms with Gasteiger partial charge in [0.25, 0.3) is 10.0 Å². The number of hydrogen-bond donors (Lipinski definition) is 1. The molecule has 0 saturated heterocycles. The number of thiophene rings is 1. The van der Waals surface area contributed by atoms with Gasteiger partial charge >= 0.3 is 0 Å². The molecule has 0 aliphatic carbocycles. The van der Waals surface area contributed by atoms with Crippen molar-refractivity contribution >= 4 is 55.3 Å². The van der Waals surface area contributed by atoms with Crippen molar-refractivity contribution in [2.24, 2.45) is 0 Å². The van der Waals surface area contributed by atoms with E-state index in [9.17, 15) is 13.2 Å². The fraction of sp³-hybridized carbons (Fsp3) is 0.125. The number of likely N-dealkylation sites (N-methyl/N-ethyl adjacent to an activating group) is 1. The van der Waals surface area contributed by atoms with Crippen LogP contribution in [-0.2, 0) is 14.8 Å². The summed E-state index contributed by atoms with van der Waals surface area (Å²) in [6.45, 7) is -0.321. The van der Waals surface area contributed by atoms with Gasteiger partial charge in [0.2, 0.25) is 5.91 Å². The molecule has 0 aliphatic rings. The van der Waals surface area contributed by atoms with Crippen molar-refractivity contribution in [2.75, 3.05) is 18.9 Å². The number of carbonyl (C=O) groups excluding carboxylic acids is 1. The van der Waals surface area contributed by atoms with Gasteiger partial charge < -0.3 is 5.32 Å². The second kappa shape index (κ2) is 7.85. The van der Waals surface area contributed by atoms with Crippen LogP contribution in [0, 0.1) is 0 Å². The molecule has 0 radical (unpaired) electrons. The molecule has 136 valence electrons. The molecule has 0 fully saturated rings. The van der Waals surface area contributed by atoms with Crippen molar-refractivity contribution in [3.63, 3.8) is 0 Å². The van der Waals surface area contributed by atoms with Crippen molar-refractivity contribution in [3.8, 4) is 11.3 Å². The summed E-state index contributed by atoms with van der Waals surface area (Å²) in [5, 5.41) is 4.88. The molecule has 1 aromatic carbocycles. The smallest absolute Gasteiger partial charge is 0.252 e. The van der Waals surface area contributed by atoms with Crippen LogP contribution >= 0.6 is 34.3 Å². The van der Waals surface area contributed by atoms with E-state index in [-0.39, 0.29) is 10.8 Å². The predicted octanol–water partition coefficient (Wildman–Crippen LogP) is 3.78. The van der Waals surface area contributed by atoms with E-state index in [4.69, 9.17) is 11.6 Å². The van der Waals surface area contributed by atoms with E-state index in [0.29, 0.717) is 9.47 Å². The summed E-state index contributed by atoms with van der Waals surface area (Å²) in [6.07, 6.45) is 0. The zero-order chi connectivity index (χ0) is 18.7. The molecule has 3 rings (SSSR count). The molecule has 1 N–H and O–H groups in total. The molecule has 2 heterocycles. The number of amides is 1. The number of thiazole rings is 1. The first kappa shape index (κ1) is 19.0. The lowest BCUT2D eigenvalue weighted by molar-refractivity contribution is -0.116. The minimum absolute atomic E-state index is 0.0958. The van der Waals surface area contributed by atoms with Gasteiger partial charge in [0.05, 0.1) is 16.6 Å². The van der Waals surface area contributed by atoms with E-state index >= 15 is 0 Å². The van der Waals surface area contributed by atoms with Gasteiger partial charge in [-0.05, 0) is 12.1 Å². The first-order valence-electron chi connectivity index (χ1n) is 7.39. The quantitative estimate of drug-likeness (QED) is 0.649. The monoisotopic (exact) mass is 427 g/mol. The second-order valence-corrected chi connectivity index (χ2v) is 10.1. The Morgan fingerprint density at radius 3 is 2.62 bits per heavy atom. The third-order valence-electron chi connectivity index (χ3n) is 3.40. The lowest BCUT2D eigenvalue weighted by Crippen LogP contribution is -2.34. The number of nitrogens with one attached hydrogen (secondary N) is 1. The molecular weight excluding hydrogens is 414 g/mol. The van der Waals surface area contributed by atoms with E-state index in [1.807, 2.05) is 35.7 Å². The van der Waals surface area contributed by atoms with E-state index in [1.165, 1.54) is 30.5 Å². The third kappa shape index (κ3) is 4.30. The van der Waals surface area contributed by atoms with Gasteiger partial charge in [-0.2, -0.15) is 4.31 Å². The summed E-state index contributed by atoms with van der Waals surface area (Å²) in [6, 6.07) is 12.5. The number of carbonyl (C=O) groups is 1. The minimum Gasteiger partial charge on any atom is -0.301 e. The summed E-state index contributed by atoms with van der Waals surface area (Å²) < 4.78 is 26.3. The lowest BCUT2D eigenvalue weighted by Gasteiger charge is -2.15. The van der Waals surface area contributed by atoms with Crippen LogP contribution in [0.25, 0.3) is 11.3 Å². The molecule has 0 bridgehead atoms. The van der Waals surface area contributed by atoms with Crippen LogP contribution in [-0.4, -0.2) is 37.2 Å². The van der Waals surface area contributed by atoms with Gasteiger partial charge in [-0.3, -0.25) is 4.79 Å². The Morgan fingerprint density at radius 1 is 1.23 bits per heavy atom. The van der Waals surface area contributed by atoms with Gasteiger partial charge in [-0.1, -0.05) is 41.9 Å². The van der Waals surface area contributed by atoms with Gasteiger partial charge in [-0.25, -0.2) is 13.4 Å². The molecular formula is C16H14ClN3O3S3. The molecule has 0 aliphatic heterocycles. The highest BCUT2D eigenvalue weighted by Crippen LogP contribution is 2.28. The highest BCUT2D eigenvalue weighted by molar-refractivity contribution is 7.91. The predicted molar refractivity (Wildman–Crippen MR) is 105 cm³/mol. The summed E-state index contributed by atoms with van der Waals surface area (Å²) in [4.78, 5) is 16.5. The Kier molecular flexibility index (Phi) is 5.73. The number of benzene rings is 1. The van der Waals surface area contributed by atoms with Crippen LogP contribution < -0.4 is 5.32 Å². The molecule has 0 atom stereocenters. The highest BCUT2D eigenvalue weighted by Gasteiger charge is 2.25. The molecule has 10 heteroatoms. The average molecular weight is 428 g/mol. The summed E-state index contributed by atoms with van der Waals surface area (Å²) in [7, 11) is -2.41. The zero-order valence-electron chi connectivity index (χ0n) is 13.5. The topological polar surface area (TPSA) is 79.4 Å². The Morgan fingerprint density at radius 2 is 1.96 bits per heavy atom. The van der Waals surface area contributed by atoms with E-state index in [0.717, 1.165) is 26.9 Å². The number of aromatic nitrogens is 1. The van der Waals surface area contributed by atoms with Crippen LogP contribution in [0.1, 0.15) is 0 Å². The van der Waals surface area contributed by atoms with Crippen LogP contribution in [0.5, 0.6) is 0 Å². The molecule has 0 unspecified atom stereocenters. The number of halogens is 1. The second-order valence-electron chi connectivity index (χ2n) is 5.27. The van der Waals surface area contributed by atoms with Gasteiger partial charge in [0.15, 0.2) is 5.13 Å². The van der Waals surface area contributed by atoms with Crippen molar-refractivity contribution in [1.29, 1.82) is 0 Å². The number of nitrogens with zero attached hydrogens (tertiary/aromatic N) is 2. The zero-order valence-corrected chi connectivity index (χ0v) is 16.8. The SMILES string of the molecule is CN(CC(=O)Nc1nc(-c2ccccc2)cs1)S(=O)(=O)c1ccc(Cl)s1. The Bertz CT molecular complexity index is 1020. The van der Waals surface area contributed by atoms with Crippen molar-refractivity contribution < 1.29 is 13.2 Å². The molecule has 0 saturated carbocycles. The van der Waals surface area contributed by atoms with Crippen molar-refractivity contribution in [1.82, 2.24) is 9.29 Å². The largest absolute Gasteiger partial charge is 0.301 e. The Balaban J connectivity index is 1.65. The molecule has 2 aromatic heterocycles. The van der Waals surface area contributed by atoms with Crippen LogP contribution in [0.15, 0.2) is 52.1 Å². The molecule has 6 nitrogen and oxygen atoms in total. The number of sulfonamides is 1. The van der Waals surface area contributed by atoms with E-state index in [1.54, 1.807) is 0 Å². The van der Waals surface area contributed by atoms with E-state index < -0.39 is 15.9 Å². The third-order valence-corrected chi connectivity index (χ3v) is 7.66. The molecule has 3 aromatic rings. The fourth-order valence-electron chi connectivity index (χ4n) is 2.11. The van der Waals surface area contributed by atoms with Crippen molar-refractivity contribution in [2.45, 2.75) is 4.21 Å². The van der Waals surface area contributed by atoms with Crippen molar-refractivity contribution in [3.05, 3.63) is 52.2 Å². The number of hydrogen-bond acceptors (Lipinski definition) is 6. The fourth-order valence-corrected chi connectivity index (χ4v) is 5.67. The maximum Gasteiger partial charge on any atom is 0.252 e. The van der Waals surface area contributed by atoms with Crippen LogP contribution in [0.4, 0.5) is 5.13 Å². The van der Waals surface area contributed by atoms with E-state index in [2.05, 4.69) is 10.3 Å². The maximum absolute atomic E-state index is 12.4. The number of anilines is 1. The normalized spacial score (nSPS) is 11.7. The number of rotatable bonds is 6. The molecule has 1 amide bonds. The Labute approximate surface area is 164 Å². The van der Waals surface area contributed by atoms with Gasteiger partial charge in [0.1, 0.15) is 4.21 Å². The molecule has 26 heavy (non-hydrogen) atoms. The standard InChI is InChI=1S/C16H14ClN3O3S3/c1-20(26(22,23)15-8-7-13(17)25-15)9-14(21)19-16-18-12(10-24-16)11-5-3-2-4-6-11/h2-8,10H,9H2,1H3,(H,18,19,21).